The van der Waals surface area contributed by atoms with Gasteiger partial charge in [-0.05, 0) is 41.5 Å². The van der Waals surface area contributed by atoms with E-state index >= 15 is 0 Å². The normalized spacial score (nSPS) is 10.6. The Morgan fingerprint density at radius 3 is 2.95 bits per heavy atom. The summed E-state index contributed by atoms with van der Waals surface area (Å²) in [6, 6.07) is 3.76. The number of pyridine rings is 1. The van der Waals surface area contributed by atoms with Gasteiger partial charge in [0.2, 0.25) is 0 Å². The Balaban J connectivity index is 1.86. The van der Waals surface area contributed by atoms with E-state index in [0.717, 1.165) is 21.0 Å². The van der Waals surface area contributed by atoms with Crippen LogP contribution in [0.3, 0.4) is 0 Å². The van der Waals surface area contributed by atoms with E-state index in [2.05, 4.69) is 25.8 Å². The van der Waals surface area contributed by atoms with E-state index < -0.39 is 0 Å². The summed E-state index contributed by atoms with van der Waals surface area (Å²) in [5, 5.41) is 14.8. The van der Waals surface area contributed by atoms with Crippen LogP contribution in [0.25, 0.3) is 5.00 Å². The largest absolute Gasteiger partial charge is 0.348 e. The minimum absolute atomic E-state index is 0.142. The van der Waals surface area contributed by atoms with Gasteiger partial charge in [0.05, 0.1) is 5.56 Å². The maximum absolute atomic E-state index is 12.6. The van der Waals surface area contributed by atoms with Gasteiger partial charge < -0.3 is 5.32 Å². The molecule has 8 heteroatoms. The third kappa shape index (κ3) is 2.73. The van der Waals surface area contributed by atoms with Gasteiger partial charge in [0.1, 0.15) is 11.3 Å². The molecule has 112 valence electrons. The molecule has 0 saturated heterocycles. The van der Waals surface area contributed by atoms with Crippen molar-refractivity contribution in [2.24, 2.45) is 0 Å². The summed E-state index contributed by atoms with van der Waals surface area (Å²) in [5.41, 5.74) is 2.50. The molecule has 3 aromatic rings. The van der Waals surface area contributed by atoms with Gasteiger partial charge in [-0.15, -0.1) is 16.4 Å². The molecule has 1 N–H and O–H groups in total. The first-order valence-electron chi connectivity index (χ1n) is 6.67. The molecule has 0 fully saturated rings. The Bertz CT molecular complexity index is 781. The van der Waals surface area contributed by atoms with E-state index in [0.29, 0.717) is 12.1 Å². The Kier molecular flexibility index (Phi) is 3.92. The van der Waals surface area contributed by atoms with Gasteiger partial charge in [0.25, 0.3) is 5.91 Å². The van der Waals surface area contributed by atoms with Crippen LogP contribution in [-0.2, 0) is 6.54 Å². The highest BCUT2D eigenvalue weighted by atomic mass is 32.1. The van der Waals surface area contributed by atoms with Gasteiger partial charge in [-0.25, -0.2) is 0 Å². The molecular weight excluding hydrogens is 300 g/mol. The number of carbonyl (C=O) groups is 1. The van der Waals surface area contributed by atoms with Crippen molar-refractivity contribution in [3.63, 3.8) is 0 Å². The van der Waals surface area contributed by atoms with Gasteiger partial charge in [0, 0.05) is 23.8 Å². The minimum atomic E-state index is -0.142. The summed E-state index contributed by atoms with van der Waals surface area (Å²) < 4.78 is 1.52. The van der Waals surface area contributed by atoms with Crippen molar-refractivity contribution in [2.45, 2.75) is 20.4 Å². The first-order valence-corrected chi connectivity index (χ1v) is 7.49. The van der Waals surface area contributed by atoms with E-state index in [1.165, 1.54) is 22.3 Å². The molecule has 0 spiro atoms. The predicted octanol–water partition coefficient (Wildman–Crippen LogP) is 1.67. The zero-order chi connectivity index (χ0) is 15.5. The average molecular weight is 314 g/mol. The van der Waals surface area contributed by atoms with E-state index in [1.54, 1.807) is 12.4 Å². The fraction of sp³-hybridized carbons (Fsp3) is 0.214. The monoisotopic (exact) mass is 314 g/mol. The molecule has 0 radical (unpaired) electrons. The molecule has 0 unspecified atom stereocenters. The molecule has 0 saturated carbocycles. The van der Waals surface area contributed by atoms with Crippen LogP contribution in [0.4, 0.5) is 0 Å². The number of nitrogens with one attached hydrogen (secondary N) is 1. The quantitative estimate of drug-likeness (QED) is 0.791. The number of aromatic nitrogens is 5. The molecule has 0 aliphatic rings. The van der Waals surface area contributed by atoms with Crippen molar-refractivity contribution in [3.05, 3.63) is 52.4 Å². The number of thiophene rings is 1. The van der Waals surface area contributed by atoms with Crippen molar-refractivity contribution >= 4 is 17.2 Å². The summed E-state index contributed by atoms with van der Waals surface area (Å²) >= 11 is 1.50. The number of hydrogen-bond acceptors (Lipinski definition) is 6. The summed E-state index contributed by atoms with van der Waals surface area (Å²) in [6.07, 6.45) is 4.92. The van der Waals surface area contributed by atoms with E-state index in [1.807, 2.05) is 26.0 Å². The molecule has 7 nitrogen and oxygen atoms in total. The lowest BCUT2D eigenvalue weighted by atomic mass is 10.1. The van der Waals surface area contributed by atoms with Gasteiger partial charge >= 0.3 is 0 Å². The Hall–Kier alpha value is -2.61. The third-order valence-corrected chi connectivity index (χ3v) is 4.52. The van der Waals surface area contributed by atoms with Gasteiger partial charge in [-0.3, -0.25) is 9.78 Å². The molecular formula is C14H14N6OS. The van der Waals surface area contributed by atoms with Crippen LogP contribution in [0.5, 0.6) is 0 Å². The maximum atomic E-state index is 12.6. The van der Waals surface area contributed by atoms with Crippen LogP contribution in [0.1, 0.15) is 26.4 Å². The van der Waals surface area contributed by atoms with Gasteiger partial charge in [-0.2, -0.15) is 4.68 Å². The van der Waals surface area contributed by atoms with Crippen LogP contribution >= 0.6 is 11.3 Å². The number of aryl methyl sites for hydroxylation is 1. The number of hydrogen-bond donors (Lipinski definition) is 1. The van der Waals surface area contributed by atoms with Crippen molar-refractivity contribution in [1.29, 1.82) is 0 Å². The zero-order valence-corrected chi connectivity index (χ0v) is 13.0. The topological polar surface area (TPSA) is 85.6 Å². The summed E-state index contributed by atoms with van der Waals surface area (Å²) in [4.78, 5) is 17.7. The van der Waals surface area contributed by atoms with Crippen LogP contribution in [-0.4, -0.2) is 31.1 Å². The Labute approximate surface area is 131 Å². The predicted molar refractivity (Wildman–Crippen MR) is 81.9 cm³/mol. The number of nitrogens with zero attached hydrogens (tertiary/aromatic N) is 5. The van der Waals surface area contributed by atoms with Crippen molar-refractivity contribution in [3.8, 4) is 5.00 Å². The summed E-state index contributed by atoms with van der Waals surface area (Å²) in [7, 11) is 0. The fourth-order valence-corrected chi connectivity index (χ4v) is 3.14. The van der Waals surface area contributed by atoms with E-state index in [4.69, 9.17) is 0 Å². The molecule has 0 aromatic carbocycles. The molecule has 0 bridgehead atoms. The molecule has 1 amide bonds. The maximum Gasteiger partial charge on any atom is 0.254 e. The highest BCUT2D eigenvalue weighted by Crippen LogP contribution is 2.30. The lowest BCUT2D eigenvalue weighted by Gasteiger charge is -2.07. The molecule has 0 aliphatic carbocycles. The lowest BCUT2D eigenvalue weighted by molar-refractivity contribution is 0.0950. The molecule has 3 aromatic heterocycles. The van der Waals surface area contributed by atoms with Crippen molar-refractivity contribution in [1.82, 2.24) is 30.5 Å². The molecule has 0 aliphatic heterocycles. The second kappa shape index (κ2) is 6.02. The van der Waals surface area contributed by atoms with Gasteiger partial charge in [0.15, 0.2) is 0 Å². The van der Waals surface area contributed by atoms with Crippen LogP contribution in [0.2, 0.25) is 0 Å². The number of carbonyl (C=O) groups excluding carboxylic acids is 1. The fourth-order valence-electron chi connectivity index (χ4n) is 2.07. The standard InChI is InChI=1S/C14H14N6OS/c1-9-10(2)22-14(20-8-17-18-19-20)12(9)13(21)16-7-11-4-3-5-15-6-11/h3-6,8H,7H2,1-2H3,(H,16,21). The van der Waals surface area contributed by atoms with E-state index in [-0.39, 0.29) is 5.91 Å². The first kappa shape index (κ1) is 14.3. The number of tetrazole rings is 1. The summed E-state index contributed by atoms with van der Waals surface area (Å²) in [6.45, 7) is 4.33. The third-order valence-electron chi connectivity index (χ3n) is 3.33. The van der Waals surface area contributed by atoms with Crippen molar-refractivity contribution in [2.75, 3.05) is 0 Å². The molecule has 0 atom stereocenters. The van der Waals surface area contributed by atoms with Crippen LogP contribution in [0, 0.1) is 13.8 Å². The average Bonchev–Trinajstić information content (AvgIpc) is 3.15. The van der Waals surface area contributed by atoms with E-state index in [9.17, 15) is 4.79 Å². The number of amides is 1. The van der Waals surface area contributed by atoms with Crippen LogP contribution in [0.15, 0.2) is 30.9 Å². The highest BCUT2D eigenvalue weighted by molar-refractivity contribution is 7.15. The van der Waals surface area contributed by atoms with Crippen molar-refractivity contribution < 1.29 is 4.79 Å². The second-order valence-electron chi connectivity index (χ2n) is 4.76. The van der Waals surface area contributed by atoms with Crippen LogP contribution < -0.4 is 5.32 Å². The highest BCUT2D eigenvalue weighted by Gasteiger charge is 2.21. The first-order chi connectivity index (χ1) is 10.7. The lowest BCUT2D eigenvalue weighted by Crippen LogP contribution is -2.24. The minimum Gasteiger partial charge on any atom is -0.348 e. The Morgan fingerprint density at radius 2 is 2.27 bits per heavy atom. The second-order valence-corrected chi connectivity index (χ2v) is 5.96. The molecule has 3 heterocycles. The Morgan fingerprint density at radius 1 is 1.41 bits per heavy atom. The smallest absolute Gasteiger partial charge is 0.254 e. The SMILES string of the molecule is Cc1sc(-n2cnnn2)c(C(=O)NCc2cccnc2)c1C. The molecule has 22 heavy (non-hydrogen) atoms. The molecule has 3 rings (SSSR count). The number of rotatable bonds is 4. The summed E-state index contributed by atoms with van der Waals surface area (Å²) in [5.74, 6) is -0.142. The van der Waals surface area contributed by atoms with Gasteiger partial charge in [-0.1, -0.05) is 6.07 Å². The zero-order valence-electron chi connectivity index (χ0n) is 12.1.